The van der Waals surface area contributed by atoms with Crippen LogP contribution in [0.2, 0.25) is 0 Å². The second-order valence-electron chi connectivity index (χ2n) is 6.36. The molecule has 9 heteroatoms. The highest BCUT2D eigenvalue weighted by atomic mass is 127. The zero-order valence-electron chi connectivity index (χ0n) is 16.0. The normalized spacial score (nSPS) is 15.1. The number of hydrogen-bond donors (Lipinski definition) is 2. The van der Waals surface area contributed by atoms with Crippen molar-refractivity contribution < 1.29 is 4.39 Å². The summed E-state index contributed by atoms with van der Waals surface area (Å²) in [4.78, 5) is 17.5. The van der Waals surface area contributed by atoms with Crippen molar-refractivity contribution in [2.75, 3.05) is 51.2 Å². The van der Waals surface area contributed by atoms with Gasteiger partial charge in [0.15, 0.2) is 5.96 Å². The Bertz CT molecular complexity index is 719. The SMILES string of the molecule is CN=C(NCCN1CCN(c2ncccn2)CC1)NCc1ccc(F)cc1.I. The van der Waals surface area contributed by atoms with Crippen molar-refractivity contribution in [3.05, 3.63) is 54.1 Å². The molecule has 0 spiro atoms. The molecule has 0 saturated carbocycles. The fourth-order valence-electron chi connectivity index (χ4n) is 2.97. The van der Waals surface area contributed by atoms with Crippen molar-refractivity contribution in [1.29, 1.82) is 0 Å². The van der Waals surface area contributed by atoms with Gasteiger partial charge >= 0.3 is 0 Å². The first kappa shape index (κ1) is 22.3. The van der Waals surface area contributed by atoms with Gasteiger partial charge in [-0.15, -0.1) is 24.0 Å². The van der Waals surface area contributed by atoms with Gasteiger partial charge in [0.1, 0.15) is 5.82 Å². The third-order valence-corrected chi connectivity index (χ3v) is 4.52. The van der Waals surface area contributed by atoms with Crippen molar-refractivity contribution >= 4 is 35.9 Å². The van der Waals surface area contributed by atoms with E-state index in [1.165, 1.54) is 12.1 Å². The number of aromatic nitrogens is 2. The summed E-state index contributed by atoms with van der Waals surface area (Å²) in [5, 5.41) is 6.57. The Morgan fingerprint density at radius 3 is 2.39 bits per heavy atom. The average molecular weight is 499 g/mol. The van der Waals surface area contributed by atoms with E-state index in [4.69, 9.17) is 0 Å². The third-order valence-electron chi connectivity index (χ3n) is 4.52. The lowest BCUT2D eigenvalue weighted by Gasteiger charge is -2.34. The summed E-state index contributed by atoms with van der Waals surface area (Å²) in [5.41, 5.74) is 1.01. The molecule has 1 aliphatic heterocycles. The van der Waals surface area contributed by atoms with E-state index >= 15 is 0 Å². The molecule has 1 fully saturated rings. The van der Waals surface area contributed by atoms with Crippen molar-refractivity contribution in [2.45, 2.75) is 6.54 Å². The Morgan fingerprint density at radius 1 is 1.07 bits per heavy atom. The molecule has 0 radical (unpaired) electrons. The van der Waals surface area contributed by atoms with Gasteiger partial charge in [0.2, 0.25) is 5.95 Å². The van der Waals surface area contributed by atoms with Gasteiger partial charge in [-0.2, -0.15) is 0 Å². The first-order chi connectivity index (χ1) is 13.2. The monoisotopic (exact) mass is 499 g/mol. The molecule has 0 bridgehead atoms. The van der Waals surface area contributed by atoms with Crippen LogP contribution in [0.1, 0.15) is 5.56 Å². The van der Waals surface area contributed by atoms with Gasteiger partial charge in [-0.25, -0.2) is 14.4 Å². The van der Waals surface area contributed by atoms with E-state index in [0.29, 0.717) is 6.54 Å². The van der Waals surface area contributed by atoms with Crippen LogP contribution in [0, 0.1) is 5.82 Å². The Hall–Kier alpha value is -2.01. The third kappa shape index (κ3) is 6.86. The minimum atomic E-state index is -0.222. The van der Waals surface area contributed by atoms with Crippen LogP contribution < -0.4 is 15.5 Å². The fraction of sp³-hybridized carbons (Fsp3) is 0.421. The highest BCUT2D eigenvalue weighted by Crippen LogP contribution is 2.09. The predicted molar refractivity (Wildman–Crippen MR) is 121 cm³/mol. The molecule has 7 nitrogen and oxygen atoms in total. The number of hydrogen-bond acceptors (Lipinski definition) is 5. The van der Waals surface area contributed by atoms with Crippen LogP contribution in [0.3, 0.4) is 0 Å². The minimum absolute atomic E-state index is 0. The van der Waals surface area contributed by atoms with Gasteiger partial charge < -0.3 is 15.5 Å². The van der Waals surface area contributed by atoms with E-state index in [0.717, 1.165) is 56.7 Å². The first-order valence-corrected chi connectivity index (χ1v) is 9.18. The van der Waals surface area contributed by atoms with Crippen LogP contribution in [-0.2, 0) is 6.54 Å². The number of guanidine groups is 1. The summed E-state index contributed by atoms with van der Waals surface area (Å²) in [5.74, 6) is 1.33. The van der Waals surface area contributed by atoms with Crippen molar-refractivity contribution in [1.82, 2.24) is 25.5 Å². The Labute approximate surface area is 182 Å². The Balaban J connectivity index is 0.00000280. The molecular weight excluding hydrogens is 472 g/mol. The smallest absolute Gasteiger partial charge is 0.225 e. The standard InChI is InChI=1S/C19H26FN7.HI/c1-21-18(25-15-16-3-5-17(20)6-4-16)22-9-10-26-11-13-27(14-12-26)19-23-7-2-8-24-19;/h2-8H,9-15H2,1H3,(H2,21,22,25);1H. The number of nitrogens with zero attached hydrogens (tertiary/aromatic N) is 5. The summed E-state index contributed by atoms with van der Waals surface area (Å²) < 4.78 is 12.9. The maximum atomic E-state index is 12.9. The molecule has 2 N–H and O–H groups in total. The summed E-state index contributed by atoms with van der Waals surface area (Å²) in [6, 6.07) is 8.31. The highest BCUT2D eigenvalue weighted by Gasteiger charge is 2.18. The summed E-state index contributed by atoms with van der Waals surface area (Å²) in [7, 11) is 1.75. The van der Waals surface area contributed by atoms with Gasteiger partial charge in [0.05, 0.1) is 0 Å². The number of halogens is 2. The van der Waals surface area contributed by atoms with Crippen LogP contribution in [0.4, 0.5) is 10.3 Å². The molecule has 1 aromatic heterocycles. The second kappa shape index (κ2) is 11.7. The van der Waals surface area contributed by atoms with Gasteiger partial charge in [0, 0.05) is 65.3 Å². The van der Waals surface area contributed by atoms with E-state index in [1.807, 2.05) is 6.07 Å². The molecule has 0 amide bonds. The molecule has 0 aliphatic carbocycles. The Morgan fingerprint density at radius 2 is 1.75 bits per heavy atom. The summed E-state index contributed by atoms with van der Waals surface area (Å²) in [6.45, 7) is 6.20. The number of piperazine rings is 1. The average Bonchev–Trinajstić information content (AvgIpc) is 2.73. The van der Waals surface area contributed by atoms with E-state index in [9.17, 15) is 4.39 Å². The predicted octanol–water partition coefficient (Wildman–Crippen LogP) is 1.72. The lowest BCUT2D eigenvalue weighted by atomic mass is 10.2. The number of benzene rings is 1. The van der Waals surface area contributed by atoms with Crippen LogP contribution in [0.15, 0.2) is 47.7 Å². The van der Waals surface area contributed by atoms with Crippen LogP contribution in [-0.4, -0.2) is 67.1 Å². The molecule has 2 aromatic rings. The first-order valence-electron chi connectivity index (χ1n) is 9.18. The molecule has 3 rings (SSSR count). The van der Waals surface area contributed by atoms with Crippen molar-refractivity contribution in [2.24, 2.45) is 4.99 Å². The van der Waals surface area contributed by atoms with Gasteiger partial charge in [0.25, 0.3) is 0 Å². The van der Waals surface area contributed by atoms with E-state index in [2.05, 4.69) is 35.4 Å². The second-order valence-corrected chi connectivity index (χ2v) is 6.36. The summed E-state index contributed by atoms with van der Waals surface area (Å²) >= 11 is 0. The lowest BCUT2D eigenvalue weighted by Crippen LogP contribution is -2.49. The minimum Gasteiger partial charge on any atom is -0.355 e. The Kier molecular flexibility index (Phi) is 9.35. The largest absolute Gasteiger partial charge is 0.355 e. The molecule has 152 valence electrons. The number of nitrogens with one attached hydrogen (secondary N) is 2. The van der Waals surface area contributed by atoms with E-state index in [1.54, 1.807) is 31.6 Å². The van der Waals surface area contributed by atoms with Crippen LogP contribution in [0.25, 0.3) is 0 Å². The molecule has 1 saturated heterocycles. The molecule has 1 aliphatic rings. The van der Waals surface area contributed by atoms with Gasteiger partial charge in [-0.3, -0.25) is 9.89 Å². The van der Waals surface area contributed by atoms with E-state index in [-0.39, 0.29) is 29.8 Å². The number of rotatable bonds is 6. The maximum Gasteiger partial charge on any atom is 0.225 e. The van der Waals surface area contributed by atoms with Crippen molar-refractivity contribution in [3.8, 4) is 0 Å². The molecule has 0 unspecified atom stereocenters. The van der Waals surface area contributed by atoms with Gasteiger partial charge in [-0.1, -0.05) is 12.1 Å². The topological polar surface area (TPSA) is 68.7 Å². The van der Waals surface area contributed by atoms with E-state index < -0.39 is 0 Å². The van der Waals surface area contributed by atoms with Gasteiger partial charge in [-0.05, 0) is 23.8 Å². The molecule has 1 aromatic carbocycles. The van der Waals surface area contributed by atoms with Crippen LogP contribution in [0.5, 0.6) is 0 Å². The molecule has 0 atom stereocenters. The fourth-order valence-corrected chi connectivity index (χ4v) is 2.97. The molecule has 28 heavy (non-hydrogen) atoms. The molecule has 2 heterocycles. The zero-order chi connectivity index (χ0) is 18.9. The van der Waals surface area contributed by atoms with Crippen molar-refractivity contribution in [3.63, 3.8) is 0 Å². The summed E-state index contributed by atoms with van der Waals surface area (Å²) in [6.07, 6.45) is 3.56. The zero-order valence-corrected chi connectivity index (χ0v) is 18.3. The molecular formula is C19H27FIN7. The number of aliphatic imine (C=N–C) groups is 1. The maximum absolute atomic E-state index is 12.9. The highest BCUT2D eigenvalue weighted by molar-refractivity contribution is 14.0. The number of anilines is 1. The van der Waals surface area contributed by atoms with Crippen LogP contribution >= 0.6 is 24.0 Å². The quantitative estimate of drug-likeness (QED) is 0.359. The lowest BCUT2D eigenvalue weighted by molar-refractivity contribution is 0.260.